The van der Waals surface area contributed by atoms with Gasteiger partial charge < -0.3 is 4.74 Å². The normalized spacial score (nSPS) is 22.1. The van der Waals surface area contributed by atoms with Crippen LogP contribution in [0, 0.1) is 0 Å². The molecule has 1 amide bonds. The van der Waals surface area contributed by atoms with Gasteiger partial charge in [0.2, 0.25) is 0 Å². The second-order valence-electron chi connectivity index (χ2n) is 2.97. The van der Waals surface area contributed by atoms with Crippen molar-refractivity contribution >= 4 is 22.0 Å². The number of ether oxygens (including phenoxy) is 1. The molecule has 0 aromatic rings. The molecule has 0 bridgehead atoms. The highest BCUT2D eigenvalue weighted by molar-refractivity contribution is 9.09. The topological polar surface area (TPSA) is 51.0 Å². The molecular weight excluding hydrogens is 248 g/mol. The van der Waals surface area contributed by atoms with Crippen molar-refractivity contribution in [3.8, 4) is 0 Å². The van der Waals surface area contributed by atoms with Crippen molar-refractivity contribution in [2.24, 2.45) is 10.2 Å². The van der Waals surface area contributed by atoms with Crippen molar-refractivity contribution in [3.63, 3.8) is 0 Å². The van der Waals surface area contributed by atoms with E-state index in [-0.39, 0.29) is 0 Å². The summed E-state index contributed by atoms with van der Waals surface area (Å²) < 4.78 is 4.62. The van der Waals surface area contributed by atoms with Gasteiger partial charge in [0, 0.05) is 4.83 Å². The van der Waals surface area contributed by atoms with E-state index in [4.69, 9.17) is 0 Å². The van der Waals surface area contributed by atoms with Gasteiger partial charge in [0.25, 0.3) is 0 Å². The number of hydrogen-bond donors (Lipinski definition) is 0. The molecule has 1 atom stereocenters. The van der Waals surface area contributed by atoms with Gasteiger partial charge in [-0.3, -0.25) is 0 Å². The highest BCUT2D eigenvalue weighted by Gasteiger charge is 2.10. The Hall–Kier alpha value is -0.710. The van der Waals surface area contributed by atoms with E-state index in [1.807, 2.05) is 6.08 Å². The van der Waals surface area contributed by atoms with Crippen LogP contribution in [0.2, 0.25) is 0 Å². The number of carbonyl (C=O) groups is 1. The summed E-state index contributed by atoms with van der Waals surface area (Å²) >= 11 is 3.47. The largest absolute Gasteiger partial charge is 0.452 e. The fourth-order valence-electron chi connectivity index (χ4n) is 1.19. The lowest BCUT2D eigenvalue weighted by molar-refractivity contribution is 0.161. The molecule has 0 aromatic carbocycles. The molecule has 4 nitrogen and oxygen atoms in total. The zero-order valence-corrected chi connectivity index (χ0v) is 9.66. The van der Waals surface area contributed by atoms with Crippen molar-refractivity contribution < 1.29 is 9.53 Å². The molecule has 0 aliphatic heterocycles. The quantitative estimate of drug-likeness (QED) is 0.564. The third kappa shape index (κ3) is 4.00. The lowest BCUT2D eigenvalue weighted by Gasteiger charge is -2.11. The molecule has 0 heterocycles. The smallest absolute Gasteiger partial charge is 0.447 e. The number of rotatable bonds is 2. The van der Waals surface area contributed by atoms with Gasteiger partial charge >= 0.3 is 6.09 Å². The Morgan fingerprint density at radius 2 is 2.57 bits per heavy atom. The number of amides is 1. The molecule has 1 aliphatic rings. The van der Waals surface area contributed by atoms with Gasteiger partial charge in [-0.1, -0.05) is 21.0 Å². The first-order valence-corrected chi connectivity index (χ1v) is 5.57. The highest BCUT2D eigenvalue weighted by Crippen LogP contribution is 2.23. The fraction of sp³-hybridized carbons (Fsp3) is 0.667. The second kappa shape index (κ2) is 5.90. The van der Waals surface area contributed by atoms with Gasteiger partial charge in [0.05, 0.1) is 12.3 Å². The number of halogens is 1. The van der Waals surface area contributed by atoms with E-state index in [0.717, 1.165) is 25.0 Å². The summed E-state index contributed by atoms with van der Waals surface area (Å²) in [6, 6.07) is 0. The summed E-state index contributed by atoms with van der Waals surface area (Å²) in [5, 5.41) is 7.28. The SMILES string of the molecule is CCOC(=O)N=NC1=CC(Br)CCC1. The first kappa shape index (κ1) is 11.4. The monoisotopic (exact) mass is 260 g/mol. The van der Waals surface area contributed by atoms with Crippen LogP contribution in [0.4, 0.5) is 4.79 Å². The van der Waals surface area contributed by atoms with Crippen LogP contribution >= 0.6 is 15.9 Å². The van der Waals surface area contributed by atoms with Gasteiger partial charge in [0.15, 0.2) is 0 Å². The van der Waals surface area contributed by atoms with Crippen LogP contribution in [0.5, 0.6) is 0 Å². The minimum absolute atomic E-state index is 0.331. The summed E-state index contributed by atoms with van der Waals surface area (Å²) in [4.78, 5) is 11.2. The van der Waals surface area contributed by atoms with Crippen LogP contribution in [-0.2, 0) is 4.74 Å². The lowest BCUT2D eigenvalue weighted by atomic mass is 10.1. The van der Waals surface area contributed by atoms with E-state index in [1.165, 1.54) is 0 Å². The molecule has 1 unspecified atom stereocenters. The predicted molar refractivity (Wildman–Crippen MR) is 56.5 cm³/mol. The van der Waals surface area contributed by atoms with E-state index in [2.05, 4.69) is 30.9 Å². The van der Waals surface area contributed by atoms with Crippen LogP contribution in [-0.4, -0.2) is 17.5 Å². The van der Waals surface area contributed by atoms with Crippen molar-refractivity contribution in [1.82, 2.24) is 0 Å². The Balaban J connectivity index is 2.46. The second-order valence-corrected chi connectivity index (χ2v) is 4.14. The van der Waals surface area contributed by atoms with Crippen LogP contribution in [0.15, 0.2) is 22.0 Å². The minimum Gasteiger partial charge on any atom is -0.447 e. The fourth-order valence-corrected chi connectivity index (χ4v) is 1.82. The Morgan fingerprint density at radius 1 is 1.79 bits per heavy atom. The van der Waals surface area contributed by atoms with Crippen LogP contribution in [0.25, 0.3) is 0 Å². The summed E-state index contributed by atoms with van der Waals surface area (Å²) in [5.74, 6) is 0. The van der Waals surface area contributed by atoms with Crippen LogP contribution < -0.4 is 0 Å². The number of hydrogen-bond acceptors (Lipinski definition) is 3. The summed E-state index contributed by atoms with van der Waals surface area (Å²) in [5.41, 5.74) is 0.853. The standard InChI is InChI=1S/C9H13BrN2O2/c1-2-14-9(13)12-11-8-5-3-4-7(10)6-8/h6-7H,2-5H2,1H3. The molecule has 0 fully saturated rings. The third-order valence-corrected chi connectivity index (χ3v) is 2.54. The van der Waals surface area contributed by atoms with Crippen molar-refractivity contribution in [2.75, 3.05) is 6.61 Å². The lowest BCUT2D eigenvalue weighted by Crippen LogP contribution is -2.02. The summed E-state index contributed by atoms with van der Waals surface area (Å²) in [7, 11) is 0. The molecule has 1 rings (SSSR count). The Kier molecular flexibility index (Phi) is 4.79. The van der Waals surface area contributed by atoms with E-state index >= 15 is 0 Å². The summed E-state index contributed by atoms with van der Waals surface area (Å²) in [6.07, 6.45) is 4.42. The van der Waals surface area contributed by atoms with Crippen molar-refractivity contribution in [2.45, 2.75) is 31.0 Å². The van der Waals surface area contributed by atoms with Crippen molar-refractivity contribution in [1.29, 1.82) is 0 Å². The molecule has 0 spiro atoms. The minimum atomic E-state index is -0.620. The maximum atomic E-state index is 10.8. The van der Waals surface area contributed by atoms with E-state index < -0.39 is 6.09 Å². The van der Waals surface area contributed by atoms with E-state index in [9.17, 15) is 4.79 Å². The highest BCUT2D eigenvalue weighted by atomic mass is 79.9. The zero-order valence-electron chi connectivity index (χ0n) is 8.07. The first-order valence-electron chi connectivity index (χ1n) is 4.65. The van der Waals surface area contributed by atoms with E-state index in [1.54, 1.807) is 6.92 Å². The Bertz CT molecular complexity index is 264. The predicted octanol–water partition coefficient (Wildman–Crippen LogP) is 3.43. The van der Waals surface area contributed by atoms with Gasteiger partial charge in [-0.2, -0.15) is 0 Å². The maximum Gasteiger partial charge on any atom is 0.452 e. The average molecular weight is 261 g/mol. The van der Waals surface area contributed by atoms with Crippen LogP contribution in [0.1, 0.15) is 26.2 Å². The van der Waals surface area contributed by atoms with Gasteiger partial charge in [-0.05, 0) is 32.3 Å². The molecule has 0 saturated heterocycles. The molecule has 5 heteroatoms. The number of carbonyl (C=O) groups excluding carboxylic acids is 1. The van der Waals surface area contributed by atoms with Gasteiger partial charge in [-0.15, -0.1) is 5.11 Å². The summed E-state index contributed by atoms with van der Waals surface area (Å²) in [6.45, 7) is 2.07. The van der Waals surface area contributed by atoms with Crippen molar-refractivity contribution in [3.05, 3.63) is 11.8 Å². The molecule has 0 N–H and O–H groups in total. The molecular formula is C9H13BrN2O2. The molecule has 78 valence electrons. The molecule has 0 aromatic heterocycles. The molecule has 1 aliphatic carbocycles. The van der Waals surface area contributed by atoms with E-state index in [0.29, 0.717) is 11.4 Å². The Morgan fingerprint density at radius 3 is 3.21 bits per heavy atom. The number of nitrogens with zero attached hydrogens (tertiary/aromatic N) is 2. The molecule has 0 radical (unpaired) electrons. The third-order valence-electron chi connectivity index (χ3n) is 1.81. The zero-order chi connectivity index (χ0) is 10.4. The number of azo groups is 1. The number of alkyl halides is 1. The average Bonchev–Trinajstić information content (AvgIpc) is 2.15. The Labute approximate surface area is 91.6 Å². The first-order chi connectivity index (χ1) is 6.72. The molecule has 0 saturated carbocycles. The number of allylic oxidation sites excluding steroid dienone is 2. The molecule has 14 heavy (non-hydrogen) atoms. The maximum absolute atomic E-state index is 10.8. The van der Waals surface area contributed by atoms with Gasteiger partial charge in [-0.25, -0.2) is 4.79 Å². The van der Waals surface area contributed by atoms with Gasteiger partial charge in [0.1, 0.15) is 0 Å². The van der Waals surface area contributed by atoms with Crippen LogP contribution in [0.3, 0.4) is 0 Å².